The second-order valence-corrected chi connectivity index (χ2v) is 8.85. The highest BCUT2D eigenvalue weighted by molar-refractivity contribution is 5.86. The Bertz CT molecular complexity index is 776. The molecule has 0 saturated heterocycles. The lowest BCUT2D eigenvalue weighted by Crippen LogP contribution is -2.54. The Hall–Kier alpha value is -2.62. The van der Waals surface area contributed by atoms with E-state index >= 15 is 0 Å². The lowest BCUT2D eigenvalue weighted by atomic mass is 10.0. The van der Waals surface area contributed by atoms with Crippen LogP contribution >= 0.6 is 0 Å². The summed E-state index contributed by atoms with van der Waals surface area (Å²) in [6.45, 7) is 6.92. The van der Waals surface area contributed by atoms with Gasteiger partial charge in [-0.05, 0) is 38.7 Å². The topological polar surface area (TPSA) is 105 Å². The zero-order chi connectivity index (χ0) is 24.7. The lowest BCUT2D eigenvalue weighted by Gasteiger charge is -2.28. The van der Waals surface area contributed by atoms with Gasteiger partial charge in [0, 0.05) is 6.54 Å². The van der Waals surface area contributed by atoms with Gasteiger partial charge in [-0.1, -0.05) is 44.2 Å². The average Bonchev–Trinajstić information content (AvgIpc) is 2.63. The van der Waals surface area contributed by atoms with Crippen LogP contribution in [-0.4, -0.2) is 53.4 Å². The molecule has 0 unspecified atom stereocenters. The van der Waals surface area contributed by atoms with Crippen molar-refractivity contribution in [3.63, 3.8) is 0 Å². The lowest BCUT2D eigenvalue weighted by molar-refractivity contribution is -0.184. The normalized spacial score (nSPS) is 15.0. The molecule has 0 bridgehead atoms. The number of nitrogens with one attached hydrogen (secondary N) is 2. The van der Waals surface area contributed by atoms with Gasteiger partial charge < -0.3 is 20.5 Å². The van der Waals surface area contributed by atoms with Crippen molar-refractivity contribution in [1.82, 2.24) is 10.6 Å². The van der Waals surface area contributed by atoms with Gasteiger partial charge in [0.2, 0.25) is 5.91 Å². The van der Waals surface area contributed by atoms with Crippen LogP contribution in [0.3, 0.4) is 0 Å². The summed E-state index contributed by atoms with van der Waals surface area (Å²) in [5.74, 6) is -6.84. The van der Waals surface area contributed by atoms with E-state index in [1.165, 1.54) is 13.8 Å². The smallest absolute Gasteiger partial charge is 0.401 e. The largest absolute Gasteiger partial charge is 0.480 e. The van der Waals surface area contributed by atoms with E-state index in [9.17, 15) is 27.6 Å². The summed E-state index contributed by atoms with van der Waals surface area (Å²) < 4.78 is 46.1. The Balaban J connectivity index is 3.05. The molecular formula is C22H31F3N2O5. The van der Waals surface area contributed by atoms with E-state index in [1.54, 1.807) is 51.1 Å². The molecule has 0 saturated carbocycles. The van der Waals surface area contributed by atoms with E-state index in [-0.39, 0.29) is 6.42 Å². The zero-order valence-corrected chi connectivity index (χ0v) is 18.8. The van der Waals surface area contributed by atoms with Gasteiger partial charge >= 0.3 is 18.1 Å². The standard InChI is InChI=1S/C22H31F3N2O5/c1-13(2)17(19(29)30)27-18(28)15(22(23,24)25)12-26-16(20(31)32-21(3,4)5)11-14-9-7-6-8-10-14/h6-10,13,15-17,26H,11-12H2,1-5H3,(H,27,28)(H,29,30)/t15-,16+,17+/m1/s1. The summed E-state index contributed by atoms with van der Waals surface area (Å²) in [5, 5.41) is 13.6. The van der Waals surface area contributed by atoms with Gasteiger partial charge in [0.05, 0.1) is 0 Å². The highest BCUT2D eigenvalue weighted by Gasteiger charge is 2.46. The fourth-order valence-electron chi connectivity index (χ4n) is 2.85. The predicted octanol–water partition coefficient (Wildman–Crippen LogP) is 2.93. The van der Waals surface area contributed by atoms with Crippen molar-refractivity contribution in [1.29, 1.82) is 0 Å². The van der Waals surface area contributed by atoms with Crippen molar-refractivity contribution in [2.45, 2.75) is 64.9 Å². The quantitative estimate of drug-likeness (QED) is 0.464. The summed E-state index contributed by atoms with van der Waals surface area (Å²) in [6, 6.07) is 6.03. The Morgan fingerprint density at radius 2 is 1.62 bits per heavy atom. The molecule has 0 fully saturated rings. The van der Waals surface area contributed by atoms with Crippen molar-refractivity contribution in [3.8, 4) is 0 Å². The molecule has 0 radical (unpaired) electrons. The second-order valence-electron chi connectivity index (χ2n) is 8.85. The zero-order valence-electron chi connectivity index (χ0n) is 18.8. The third-order valence-corrected chi connectivity index (χ3v) is 4.48. The average molecular weight is 460 g/mol. The minimum absolute atomic E-state index is 0.0473. The summed E-state index contributed by atoms with van der Waals surface area (Å²) in [7, 11) is 0. The first-order chi connectivity index (χ1) is 14.6. The molecule has 1 aromatic rings. The van der Waals surface area contributed by atoms with Crippen LogP contribution in [-0.2, 0) is 25.5 Å². The van der Waals surface area contributed by atoms with Crippen molar-refractivity contribution in [3.05, 3.63) is 35.9 Å². The van der Waals surface area contributed by atoms with Gasteiger partial charge in [-0.2, -0.15) is 13.2 Å². The predicted molar refractivity (Wildman–Crippen MR) is 112 cm³/mol. The second kappa shape index (κ2) is 11.3. The van der Waals surface area contributed by atoms with Crippen LogP contribution in [0.5, 0.6) is 0 Å². The van der Waals surface area contributed by atoms with Crippen molar-refractivity contribution >= 4 is 17.8 Å². The van der Waals surface area contributed by atoms with Gasteiger partial charge in [0.1, 0.15) is 23.6 Å². The molecule has 3 atom stereocenters. The number of rotatable bonds is 10. The van der Waals surface area contributed by atoms with Gasteiger partial charge in [0.25, 0.3) is 0 Å². The summed E-state index contributed by atoms with van der Waals surface area (Å²) >= 11 is 0. The SMILES string of the molecule is CC(C)[C@H](NC(=O)[C@@H](CN[C@@H](Cc1ccccc1)C(=O)OC(C)(C)C)C(F)(F)F)C(=O)O. The van der Waals surface area contributed by atoms with Gasteiger partial charge in [-0.25, -0.2) is 4.79 Å². The minimum Gasteiger partial charge on any atom is -0.480 e. The van der Waals surface area contributed by atoms with Crippen LogP contribution in [0.4, 0.5) is 13.2 Å². The number of carbonyl (C=O) groups excluding carboxylic acids is 2. The number of aliphatic carboxylic acids is 1. The van der Waals surface area contributed by atoms with E-state index in [2.05, 4.69) is 5.32 Å². The molecule has 0 spiro atoms. The van der Waals surface area contributed by atoms with Crippen LogP contribution in [0.25, 0.3) is 0 Å². The Morgan fingerprint density at radius 3 is 2.06 bits per heavy atom. The third-order valence-electron chi connectivity index (χ3n) is 4.48. The highest BCUT2D eigenvalue weighted by Crippen LogP contribution is 2.27. The van der Waals surface area contributed by atoms with E-state index < -0.39 is 60.1 Å². The number of esters is 1. The summed E-state index contributed by atoms with van der Waals surface area (Å²) in [4.78, 5) is 36.2. The number of hydrogen-bond acceptors (Lipinski definition) is 5. The first-order valence-electron chi connectivity index (χ1n) is 10.2. The van der Waals surface area contributed by atoms with Crippen LogP contribution in [0.1, 0.15) is 40.2 Å². The van der Waals surface area contributed by atoms with Crippen LogP contribution in [0.15, 0.2) is 30.3 Å². The van der Waals surface area contributed by atoms with Gasteiger partial charge in [0.15, 0.2) is 0 Å². The maximum atomic E-state index is 13.6. The maximum absolute atomic E-state index is 13.6. The summed E-state index contributed by atoms with van der Waals surface area (Å²) in [6.07, 6.45) is -4.91. The number of alkyl halides is 3. The number of carboxylic acid groups (broad SMARTS) is 1. The molecule has 0 aliphatic carbocycles. The first kappa shape index (κ1) is 27.4. The van der Waals surface area contributed by atoms with Crippen molar-refractivity contribution < 1.29 is 37.4 Å². The van der Waals surface area contributed by atoms with Crippen molar-refractivity contribution in [2.24, 2.45) is 11.8 Å². The molecule has 0 aliphatic heterocycles. The number of ether oxygens (including phenoxy) is 1. The van der Waals surface area contributed by atoms with Crippen molar-refractivity contribution in [2.75, 3.05) is 6.54 Å². The molecule has 10 heteroatoms. The fourth-order valence-corrected chi connectivity index (χ4v) is 2.85. The number of carboxylic acids is 1. The highest BCUT2D eigenvalue weighted by atomic mass is 19.4. The number of amides is 1. The van der Waals surface area contributed by atoms with Crippen LogP contribution in [0.2, 0.25) is 0 Å². The minimum atomic E-state index is -4.96. The third kappa shape index (κ3) is 9.25. The van der Waals surface area contributed by atoms with Crippen LogP contribution in [0, 0.1) is 11.8 Å². The monoisotopic (exact) mass is 460 g/mol. The van der Waals surface area contributed by atoms with Gasteiger partial charge in [-0.3, -0.25) is 9.59 Å². The van der Waals surface area contributed by atoms with E-state index in [0.29, 0.717) is 5.56 Å². The molecule has 32 heavy (non-hydrogen) atoms. The van der Waals surface area contributed by atoms with E-state index in [1.807, 2.05) is 5.32 Å². The molecule has 0 heterocycles. The molecule has 1 aromatic carbocycles. The number of hydrogen-bond donors (Lipinski definition) is 3. The molecule has 180 valence electrons. The van der Waals surface area contributed by atoms with E-state index in [4.69, 9.17) is 9.84 Å². The van der Waals surface area contributed by atoms with E-state index in [0.717, 1.165) is 0 Å². The molecular weight excluding hydrogens is 429 g/mol. The molecule has 1 amide bonds. The Kier molecular flexibility index (Phi) is 9.69. The van der Waals surface area contributed by atoms with Crippen LogP contribution < -0.4 is 10.6 Å². The Morgan fingerprint density at radius 1 is 1.06 bits per heavy atom. The Labute approximate surface area is 185 Å². The molecule has 0 aromatic heterocycles. The maximum Gasteiger partial charge on any atom is 0.401 e. The molecule has 7 nitrogen and oxygen atoms in total. The molecule has 0 aliphatic rings. The fraction of sp³-hybridized carbons (Fsp3) is 0.591. The summed E-state index contributed by atoms with van der Waals surface area (Å²) in [5.41, 5.74) is -0.171. The molecule has 1 rings (SSSR count). The number of halogens is 3. The number of carbonyl (C=O) groups is 3. The first-order valence-corrected chi connectivity index (χ1v) is 10.2. The number of benzene rings is 1. The molecule has 3 N–H and O–H groups in total. The van der Waals surface area contributed by atoms with Gasteiger partial charge in [-0.15, -0.1) is 0 Å².